The van der Waals surface area contributed by atoms with Gasteiger partial charge in [0.05, 0.1) is 10.0 Å². The van der Waals surface area contributed by atoms with Crippen LogP contribution in [0.5, 0.6) is 0 Å². The summed E-state index contributed by atoms with van der Waals surface area (Å²) in [6.07, 6.45) is 3.79. The van der Waals surface area contributed by atoms with Crippen molar-refractivity contribution in [2.45, 2.75) is 57.9 Å². The minimum absolute atomic E-state index is 0.130. The highest BCUT2D eigenvalue weighted by Gasteiger charge is 2.42. The summed E-state index contributed by atoms with van der Waals surface area (Å²) in [7, 11) is 0. The third kappa shape index (κ3) is 3.32. The first kappa shape index (κ1) is 16.1. The molecular weight excluding hydrogens is 289 g/mol. The average molecular weight is 314 g/mol. The molecule has 1 aliphatic carbocycles. The van der Waals surface area contributed by atoms with Crippen molar-refractivity contribution in [1.29, 1.82) is 0 Å². The predicted molar refractivity (Wildman–Crippen MR) is 88.9 cm³/mol. The summed E-state index contributed by atoms with van der Waals surface area (Å²) < 4.78 is 0. The number of benzene rings is 1. The van der Waals surface area contributed by atoms with Gasteiger partial charge in [0.25, 0.3) is 0 Å². The van der Waals surface area contributed by atoms with Crippen molar-refractivity contribution in [3.8, 4) is 0 Å². The summed E-state index contributed by atoms with van der Waals surface area (Å²) in [5.41, 5.74) is 1.64. The molecule has 1 N–H and O–H groups in total. The van der Waals surface area contributed by atoms with Crippen LogP contribution in [0, 0.1) is 5.92 Å². The molecule has 0 saturated heterocycles. The molecule has 0 radical (unpaired) electrons. The van der Waals surface area contributed by atoms with Gasteiger partial charge in [0.15, 0.2) is 0 Å². The van der Waals surface area contributed by atoms with E-state index < -0.39 is 0 Å². The van der Waals surface area contributed by atoms with Crippen molar-refractivity contribution >= 4 is 23.2 Å². The highest BCUT2D eigenvalue weighted by atomic mass is 35.5. The fourth-order valence-electron chi connectivity index (χ4n) is 3.27. The summed E-state index contributed by atoms with van der Waals surface area (Å²) >= 11 is 12.3. The number of rotatable bonds is 3. The molecule has 1 aliphatic rings. The van der Waals surface area contributed by atoms with Gasteiger partial charge in [-0.15, -0.1) is 0 Å². The van der Waals surface area contributed by atoms with E-state index in [-0.39, 0.29) is 11.0 Å². The molecule has 0 bridgehead atoms. The first-order valence-electron chi connectivity index (χ1n) is 7.45. The third-order valence-corrected chi connectivity index (χ3v) is 5.37. The van der Waals surface area contributed by atoms with Crippen molar-refractivity contribution in [1.82, 2.24) is 5.32 Å². The molecular formula is C17H25Cl2N. The Balaban J connectivity index is 2.34. The van der Waals surface area contributed by atoms with Crippen LogP contribution < -0.4 is 5.32 Å². The Morgan fingerprint density at radius 2 is 1.95 bits per heavy atom. The number of hydrogen-bond acceptors (Lipinski definition) is 1. The summed E-state index contributed by atoms with van der Waals surface area (Å²) in [6, 6.07) is 6.15. The normalized spacial score (nSPS) is 27.0. The van der Waals surface area contributed by atoms with Crippen molar-refractivity contribution in [3.05, 3.63) is 33.8 Å². The van der Waals surface area contributed by atoms with Gasteiger partial charge in [-0.3, -0.25) is 0 Å². The largest absolute Gasteiger partial charge is 0.311 e. The molecule has 0 spiro atoms. The maximum Gasteiger partial charge on any atom is 0.0595 e. The molecule has 0 amide bonds. The second-order valence-corrected chi connectivity index (χ2v) is 8.00. The highest BCUT2D eigenvalue weighted by Crippen LogP contribution is 2.46. The number of nitrogens with one attached hydrogen (secondary N) is 1. The van der Waals surface area contributed by atoms with Crippen LogP contribution in [0.2, 0.25) is 10.0 Å². The summed E-state index contributed by atoms with van der Waals surface area (Å²) in [5.74, 6) is 0.662. The molecule has 20 heavy (non-hydrogen) atoms. The van der Waals surface area contributed by atoms with E-state index in [2.05, 4.69) is 45.1 Å². The second-order valence-electron chi connectivity index (χ2n) is 7.18. The SMILES string of the molecule is CC1CCCC1(CNC(C)(C)C)c1ccc(Cl)c(Cl)c1. The molecule has 1 aromatic carbocycles. The van der Waals surface area contributed by atoms with E-state index in [4.69, 9.17) is 23.2 Å². The van der Waals surface area contributed by atoms with E-state index in [1.807, 2.05) is 6.07 Å². The standard InChI is InChI=1S/C17H25Cl2N/c1-12-6-5-9-17(12,11-20-16(2,3)4)13-7-8-14(18)15(19)10-13/h7-8,10,12,20H,5-6,9,11H2,1-4H3. The van der Waals surface area contributed by atoms with E-state index in [9.17, 15) is 0 Å². The fourth-order valence-corrected chi connectivity index (χ4v) is 3.57. The number of halogens is 2. The zero-order valence-electron chi connectivity index (χ0n) is 12.9. The smallest absolute Gasteiger partial charge is 0.0595 e. The molecule has 1 aromatic rings. The van der Waals surface area contributed by atoms with Crippen LogP contribution >= 0.6 is 23.2 Å². The van der Waals surface area contributed by atoms with Gasteiger partial charge in [-0.25, -0.2) is 0 Å². The Kier molecular flexibility index (Phi) is 4.73. The zero-order valence-corrected chi connectivity index (χ0v) is 14.4. The maximum atomic E-state index is 6.24. The molecule has 112 valence electrons. The fraction of sp³-hybridized carbons (Fsp3) is 0.647. The van der Waals surface area contributed by atoms with Gasteiger partial charge in [0.2, 0.25) is 0 Å². The van der Waals surface area contributed by atoms with Crippen molar-refractivity contribution in [2.75, 3.05) is 6.54 Å². The lowest BCUT2D eigenvalue weighted by atomic mass is 9.72. The molecule has 2 rings (SSSR count). The van der Waals surface area contributed by atoms with Gasteiger partial charge < -0.3 is 5.32 Å². The lowest BCUT2D eigenvalue weighted by molar-refractivity contribution is 0.279. The highest BCUT2D eigenvalue weighted by molar-refractivity contribution is 6.42. The first-order chi connectivity index (χ1) is 9.24. The van der Waals surface area contributed by atoms with Crippen molar-refractivity contribution in [2.24, 2.45) is 5.92 Å². The quantitative estimate of drug-likeness (QED) is 0.783. The minimum Gasteiger partial charge on any atom is -0.311 e. The van der Waals surface area contributed by atoms with E-state index in [1.54, 1.807) is 0 Å². The Bertz CT molecular complexity index is 478. The second kappa shape index (κ2) is 5.87. The van der Waals surface area contributed by atoms with E-state index in [1.165, 1.54) is 24.8 Å². The molecule has 2 atom stereocenters. The summed E-state index contributed by atoms with van der Waals surface area (Å²) in [6.45, 7) is 10.0. The van der Waals surface area contributed by atoms with Gasteiger partial charge in [-0.1, -0.05) is 42.6 Å². The molecule has 3 heteroatoms. The summed E-state index contributed by atoms with van der Waals surface area (Å²) in [4.78, 5) is 0. The average Bonchev–Trinajstić information content (AvgIpc) is 2.72. The maximum absolute atomic E-state index is 6.24. The first-order valence-corrected chi connectivity index (χ1v) is 8.21. The third-order valence-electron chi connectivity index (χ3n) is 4.63. The van der Waals surface area contributed by atoms with E-state index in [0.29, 0.717) is 16.0 Å². The van der Waals surface area contributed by atoms with Crippen LogP contribution in [0.3, 0.4) is 0 Å². The van der Waals surface area contributed by atoms with E-state index >= 15 is 0 Å². The Morgan fingerprint density at radius 1 is 1.25 bits per heavy atom. The molecule has 2 unspecified atom stereocenters. The van der Waals surface area contributed by atoms with Gasteiger partial charge in [-0.05, 0) is 57.2 Å². The Hall–Kier alpha value is -0.240. The van der Waals surface area contributed by atoms with Crippen molar-refractivity contribution in [3.63, 3.8) is 0 Å². The monoisotopic (exact) mass is 313 g/mol. The van der Waals surface area contributed by atoms with Gasteiger partial charge in [0, 0.05) is 17.5 Å². The predicted octanol–water partition coefficient (Wildman–Crippen LogP) is 5.44. The van der Waals surface area contributed by atoms with Crippen LogP contribution in [0.25, 0.3) is 0 Å². The number of hydrogen-bond donors (Lipinski definition) is 1. The molecule has 0 aromatic heterocycles. The van der Waals surface area contributed by atoms with Gasteiger partial charge >= 0.3 is 0 Å². The van der Waals surface area contributed by atoms with Crippen molar-refractivity contribution < 1.29 is 0 Å². The van der Waals surface area contributed by atoms with Gasteiger partial charge in [0.1, 0.15) is 0 Å². The Morgan fingerprint density at radius 3 is 2.45 bits per heavy atom. The van der Waals surface area contributed by atoms with E-state index in [0.717, 1.165) is 6.54 Å². The van der Waals surface area contributed by atoms with Crippen LogP contribution in [0.1, 0.15) is 52.5 Å². The molecule has 0 heterocycles. The lowest BCUT2D eigenvalue weighted by Gasteiger charge is -2.38. The van der Waals surface area contributed by atoms with Crippen LogP contribution in [0.4, 0.5) is 0 Å². The minimum atomic E-state index is 0.130. The van der Waals surface area contributed by atoms with Crippen LogP contribution in [0.15, 0.2) is 18.2 Å². The molecule has 1 fully saturated rings. The molecule has 1 nitrogen and oxygen atoms in total. The zero-order chi connectivity index (χ0) is 15.0. The van der Waals surface area contributed by atoms with Crippen LogP contribution in [-0.2, 0) is 5.41 Å². The van der Waals surface area contributed by atoms with Crippen LogP contribution in [-0.4, -0.2) is 12.1 Å². The summed E-state index contributed by atoms with van der Waals surface area (Å²) in [5, 5.41) is 5.00. The lowest BCUT2D eigenvalue weighted by Crippen LogP contribution is -2.47. The topological polar surface area (TPSA) is 12.0 Å². The Labute approximate surface area is 133 Å². The van der Waals surface area contributed by atoms with Gasteiger partial charge in [-0.2, -0.15) is 0 Å². The molecule has 1 saturated carbocycles. The molecule has 0 aliphatic heterocycles.